The minimum absolute atomic E-state index is 0.180. The van der Waals surface area contributed by atoms with Crippen LogP contribution in [0.3, 0.4) is 0 Å². The molecule has 18 heavy (non-hydrogen) atoms. The molecule has 1 N–H and O–H groups in total. The SMILES string of the molecule is CCNCC1OCCN(C)C1c1cncc(Br)c1. The van der Waals surface area contributed by atoms with Gasteiger partial charge in [0.05, 0.1) is 18.8 Å². The quantitative estimate of drug-likeness (QED) is 0.920. The smallest absolute Gasteiger partial charge is 0.0896 e. The zero-order valence-electron chi connectivity index (χ0n) is 10.9. The highest BCUT2D eigenvalue weighted by atomic mass is 79.9. The molecule has 0 aliphatic carbocycles. The number of hydrogen-bond acceptors (Lipinski definition) is 4. The summed E-state index contributed by atoms with van der Waals surface area (Å²) in [6.07, 6.45) is 3.92. The van der Waals surface area contributed by atoms with Crippen molar-refractivity contribution < 1.29 is 4.74 Å². The lowest BCUT2D eigenvalue weighted by Crippen LogP contribution is -2.47. The Kier molecular flexibility index (Phi) is 5.12. The number of hydrogen-bond donors (Lipinski definition) is 1. The molecule has 1 aromatic rings. The monoisotopic (exact) mass is 313 g/mol. The van der Waals surface area contributed by atoms with E-state index >= 15 is 0 Å². The third kappa shape index (κ3) is 3.29. The first kappa shape index (κ1) is 13.9. The summed E-state index contributed by atoms with van der Waals surface area (Å²) in [7, 11) is 2.15. The summed E-state index contributed by atoms with van der Waals surface area (Å²) in [6.45, 7) is 5.71. The van der Waals surface area contributed by atoms with Crippen LogP contribution in [0.15, 0.2) is 22.9 Å². The van der Waals surface area contributed by atoms with Gasteiger partial charge in [0.2, 0.25) is 0 Å². The number of nitrogens with one attached hydrogen (secondary N) is 1. The number of rotatable bonds is 4. The van der Waals surface area contributed by atoms with Gasteiger partial charge in [0, 0.05) is 30.0 Å². The van der Waals surface area contributed by atoms with E-state index in [0.29, 0.717) is 0 Å². The maximum Gasteiger partial charge on any atom is 0.0896 e. The lowest BCUT2D eigenvalue weighted by atomic mass is 10.00. The summed E-state index contributed by atoms with van der Waals surface area (Å²) in [5.74, 6) is 0. The molecule has 0 saturated carbocycles. The molecular formula is C13H20BrN3O. The molecule has 1 fully saturated rings. The maximum atomic E-state index is 5.91. The highest BCUT2D eigenvalue weighted by Crippen LogP contribution is 2.28. The lowest BCUT2D eigenvalue weighted by Gasteiger charge is -2.39. The second-order valence-corrected chi connectivity index (χ2v) is 5.49. The van der Waals surface area contributed by atoms with Crippen LogP contribution < -0.4 is 5.32 Å². The van der Waals surface area contributed by atoms with Crippen molar-refractivity contribution >= 4 is 15.9 Å². The first-order valence-electron chi connectivity index (χ1n) is 6.35. The molecule has 0 bridgehead atoms. The van der Waals surface area contributed by atoms with Crippen molar-refractivity contribution in [1.82, 2.24) is 15.2 Å². The first-order valence-corrected chi connectivity index (χ1v) is 7.14. The molecule has 0 radical (unpaired) electrons. The molecule has 4 nitrogen and oxygen atoms in total. The van der Waals surface area contributed by atoms with Gasteiger partial charge in [0.1, 0.15) is 0 Å². The van der Waals surface area contributed by atoms with Gasteiger partial charge in [0.15, 0.2) is 0 Å². The summed E-state index contributed by atoms with van der Waals surface area (Å²) in [4.78, 5) is 6.60. The Morgan fingerprint density at radius 3 is 3.11 bits per heavy atom. The average molecular weight is 314 g/mol. The number of morpholine rings is 1. The number of halogens is 1. The van der Waals surface area contributed by atoms with Gasteiger partial charge < -0.3 is 10.1 Å². The first-order chi connectivity index (χ1) is 8.72. The van der Waals surface area contributed by atoms with Crippen LogP contribution in [0.25, 0.3) is 0 Å². The lowest BCUT2D eigenvalue weighted by molar-refractivity contribution is -0.0612. The van der Waals surface area contributed by atoms with E-state index in [4.69, 9.17) is 4.74 Å². The molecular weight excluding hydrogens is 294 g/mol. The largest absolute Gasteiger partial charge is 0.374 e. The third-order valence-corrected chi connectivity index (χ3v) is 3.70. The van der Waals surface area contributed by atoms with Gasteiger partial charge in [-0.2, -0.15) is 0 Å². The Morgan fingerprint density at radius 2 is 2.39 bits per heavy atom. The van der Waals surface area contributed by atoms with Crippen LogP contribution in [-0.2, 0) is 4.74 Å². The third-order valence-electron chi connectivity index (χ3n) is 3.27. The second-order valence-electron chi connectivity index (χ2n) is 4.58. The zero-order valence-corrected chi connectivity index (χ0v) is 12.5. The van der Waals surface area contributed by atoms with Gasteiger partial charge in [-0.15, -0.1) is 0 Å². The topological polar surface area (TPSA) is 37.4 Å². The Morgan fingerprint density at radius 1 is 1.56 bits per heavy atom. The molecule has 1 saturated heterocycles. The molecule has 2 rings (SSSR count). The van der Waals surface area contributed by atoms with E-state index in [1.54, 1.807) is 0 Å². The molecule has 1 aliphatic heterocycles. The van der Waals surface area contributed by atoms with E-state index in [9.17, 15) is 0 Å². The van der Waals surface area contributed by atoms with Gasteiger partial charge >= 0.3 is 0 Å². The fraction of sp³-hybridized carbons (Fsp3) is 0.615. The van der Waals surface area contributed by atoms with Crippen LogP contribution >= 0.6 is 15.9 Å². The number of pyridine rings is 1. The van der Waals surface area contributed by atoms with Crippen molar-refractivity contribution in [2.45, 2.75) is 19.1 Å². The van der Waals surface area contributed by atoms with E-state index in [1.165, 1.54) is 5.56 Å². The van der Waals surface area contributed by atoms with E-state index in [1.807, 2.05) is 12.4 Å². The predicted molar refractivity (Wildman–Crippen MR) is 75.6 cm³/mol. The predicted octanol–water partition coefficient (Wildman–Crippen LogP) is 1.83. The standard InChI is InChI=1S/C13H20BrN3O/c1-3-15-9-12-13(17(2)4-5-18-12)10-6-11(14)8-16-7-10/h6-8,12-13,15H,3-5,9H2,1-2H3. The van der Waals surface area contributed by atoms with Crippen LogP contribution in [0.1, 0.15) is 18.5 Å². The van der Waals surface area contributed by atoms with Crippen LogP contribution in [0.5, 0.6) is 0 Å². The highest BCUT2D eigenvalue weighted by Gasteiger charge is 2.31. The molecule has 0 spiro atoms. The molecule has 2 unspecified atom stereocenters. The van der Waals surface area contributed by atoms with Crippen LogP contribution in [0.4, 0.5) is 0 Å². The summed E-state index contributed by atoms with van der Waals surface area (Å²) in [5, 5.41) is 3.37. The number of aromatic nitrogens is 1. The van der Waals surface area contributed by atoms with E-state index < -0.39 is 0 Å². The summed E-state index contributed by atoms with van der Waals surface area (Å²) >= 11 is 3.48. The van der Waals surface area contributed by atoms with Crippen LogP contribution in [0.2, 0.25) is 0 Å². The van der Waals surface area contributed by atoms with Gasteiger partial charge in [-0.05, 0) is 41.2 Å². The van der Waals surface area contributed by atoms with Crippen LogP contribution in [-0.4, -0.2) is 49.3 Å². The van der Waals surface area contributed by atoms with Crippen molar-refractivity contribution in [3.63, 3.8) is 0 Å². The maximum absolute atomic E-state index is 5.91. The van der Waals surface area contributed by atoms with Crippen molar-refractivity contribution in [2.24, 2.45) is 0 Å². The number of ether oxygens (including phenoxy) is 1. The van der Waals surface area contributed by atoms with Crippen molar-refractivity contribution in [3.8, 4) is 0 Å². The highest BCUT2D eigenvalue weighted by molar-refractivity contribution is 9.10. The number of nitrogens with zero attached hydrogens (tertiary/aromatic N) is 2. The molecule has 1 aliphatic rings. The van der Waals surface area contributed by atoms with Gasteiger partial charge in [-0.1, -0.05) is 6.92 Å². The summed E-state index contributed by atoms with van der Waals surface area (Å²) in [5.41, 5.74) is 1.20. The molecule has 100 valence electrons. The van der Waals surface area contributed by atoms with Gasteiger partial charge in [-0.25, -0.2) is 0 Å². The molecule has 5 heteroatoms. The molecule has 0 aromatic carbocycles. The van der Waals surface area contributed by atoms with E-state index in [-0.39, 0.29) is 12.1 Å². The Hall–Kier alpha value is -0.490. The number of likely N-dealkylation sites (N-methyl/N-ethyl adjacent to an activating group) is 2. The summed E-state index contributed by atoms with van der Waals surface area (Å²) in [6, 6.07) is 2.39. The van der Waals surface area contributed by atoms with Gasteiger partial charge in [-0.3, -0.25) is 9.88 Å². The minimum Gasteiger partial charge on any atom is -0.374 e. The van der Waals surface area contributed by atoms with Crippen molar-refractivity contribution in [1.29, 1.82) is 0 Å². The van der Waals surface area contributed by atoms with E-state index in [2.05, 4.69) is 51.2 Å². The van der Waals surface area contributed by atoms with E-state index in [0.717, 1.165) is 30.7 Å². The van der Waals surface area contributed by atoms with Crippen LogP contribution in [0, 0.1) is 0 Å². The Balaban J connectivity index is 2.18. The fourth-order valence-corrected chi connectivity index (χ4v) is 2.76. The second kappa shape index (κ2) is 6.61. The fourth-order valence-electron chi connectivity index (χ4n) is 2.38. The molecule has 2 atom stereocenters. The van der Waals surface area contributed by atoms with Gasteiger partial charge in [0.25, 0.3) is 0 Å². The Bertz CT molecular complexity index is 388. The summed E-state index contributed by atoms with van der Waals surface area (Å²) < 4.78 is 6.93. The normalized spacial score (nSPS) is 25.3. The average Bonchev–Trinajstić information content (AvgIpc) is 2.36. The Labute approximate surface area is 117 Å². The van der Waals surface area contributed by atoms with Crippen molar-refractivity contribution in [2.75, 3.05) is 33.3 Å². The molecule has 0 amide bonds. The zero-order chi connectivity index (χ0) is 13.0. The molecule has 2 heterocycles. The molecule has 1 aromatic heterocycles. The van der Waals surface area contributed by atoms with Crippen molar-refractivity contribution in [3.05, 3.63) is 28.5 Å². The minimum atomic E-state index is 0.180.